The summed E-state index contributed by atoms with van der Waals surface area (Å²) >= 11 is 0. The Morgan fingerprint density at radius 1 is 0.963 bits per heavy atom. The molecule has 0 aliphatic heterocycles. The van der Waals surface area contributed by atoms with Crippen LogP contribution in [0.2, 0.25) is 0 Å². The van der Waals surface area contributed by atoms with E-state index >= 15 is 0 Å². The predicted molar refractivity (Wildman–Crippen MR) is 102 cm³/mol. The molecular weight excluding hydrogens is 345 g/mol. The number of hydrogen-bond donors (Lipinski definition) is 1. The molecule has 0 radical (unpaired) electrons. The van der Waals surface area contributed by atoms with Gasteiger partial charge in [0.2, 0.25) is 5.91 Å². The van der Waals surface area contributed by atoms with Gasteiger partial charge in [0.25, 0.3) is 0 Å². The molecule has 3 aromatic rings. The zero-order valence-corrected chi connectivity index (χ0v) is 14.9. The lowest BCUT2D eigenvalue weighted by Gasteiger charge is -2.17. The maximum Gasteiger partial charge on any atom is 0.328 e. The second-order valence-electron chi connectivity index (χ2n) is 6.34. The summed E-state index contributed by atoms with van der Waals surface area (Å²) in [5.41, 5.74) is 1.46. The number of ether oxygens (including phenoxy) is 1. The molecule has 138 valence electrons. The summed E-state index contributed by atoms with van der Waals surface area (Å²) in [6.45, 7) is 0. The van der Waals surface area contributed by atoms with Gasteiger partial charge in [-0.25, -0.2) is 9.18 Å². The number of nitrogens with one attached hydrogen (secondary N) is 1. The number of benzene rings is 3. The van der Waals surface area contributed by atoms with Gasteiger partial charge in [0.05, 0.1) is 13.5 Å². The van der Waals surface area contributed by atoms with E-state index in [-0.39, 0.29) is 12.3 Å². The van der Waals surface area contributed by atoms with E-state index in [0.29, 0.717) is 12.0 Å². The van der Waals surface area contributed by atoms with E-state index in [2.05, 4.69) is 5.32 Å². The molecule has 27 heavy (non-hydrogen) atoms. The van der Waals surface area contributed by atoms with Crippen LogP contribution < -0.4 is 5.32 Å². The summed E-state index contributed by atoms with van der Waals surface area (Å²) in [4.78, 5) is 24.4. The van der Waals surface area contributed by atoms with Gasteiger partial charge in [-0.05, 0) is 34.0 Å². The van der Waals surface area contributed by atoms with Crippen LogP contribution in [0.25, 0.3) is 10.8 Å². The third kappa shape index (κ3) is 4.91. The molecule has 0 saturated heterocycles. The molecule has 0 spiro atoms. The second-order valence-corrected chi connectivity index (χ2v) is 6.34. The molecule has 0 heterocycles. The largest absolute Gasteiger partial charge is 0.467 e. The van der Waals surface area contributed by atoms with Crippen molar-refractivity contribution in [3.8, 4) is 0 Å². The van der Waals surface area contributed by atoms with Crippen LogP contribution in [0.1, 0.15) is 11.1 Å². The number of amides is 1. The topological polar surface area (TPSA) is 55.4 Å². The molecule has 0 bridgehead atoms. The van der Waals surface area contributed by atoms with E-state index in [1.165, 1.54) is 19.2 Å². The van der Waals surface area contributed by atoms with Crippen molar-refractivity contribution in [1.82, 2.24) is 5.32 Å². The Balaban J connectivity index is 1.72. The summed E-state index contributed by atoms with van der Waals surface area (Å²) in [5, 5.41) is 4.86. The van der Waals surface area contributed by atoms with Crippen molar-refractivity contribution >= 4 is 22.6 Å². The molecule has 1 N–H and O–H groups in total. The third-order valence-electron chi connectivity index (χ3n) is 4.33. The summed E-state index contributed by atoms with van der Waals surface area (Å²) in [7, 11) is 1.29. The fourth-order valence-electron chi connectivity index (χ4n) is 3.01. The molecule has 4 nitrogen and oxygen atoms in total. The minimum absolute atomic E-state index is 0.0109. The normalized spacial score (nSPS) is 11.8. The van der Waals surface area contributed by atoms with E-state index < -0.39 is 17.8 Å². The van der Waals surface area contributed by atoms with Crippen LogP contribution in [-0.4, -0.2) is 25.0 Å². The fourth-order valence-corrected chi connectivity index (χ4v) is 3.01. The minimum atomic E-state index is -0.808. The molecular formula is C22H20FNO3. The summed E-state index contributed by atoms with van der Waals surface area (Å²) in [6.07, 6.45) is 0.301. The predicted octanol–water partition coefficient (Wildman–Crippen LogP) is 3.42. The summed E-state index contributed by atoms with van der Waals surface area (Å²) < 4.78 is 18.1. The average Bonchev–Trinajstić information content (AvgIpc) is 2.66. The summed E-state index contributed by atoms with van der Waals surface area (Å²) in [5.74, 6) is -1.28. The molecule has 0 unspecified atom stereocenters. The molecule has 1 atom stereocenters. The number of rotatable bonds is 6. The monoisotopic (exact) mass is 365 g/mol. The SMILES string of the molecule is COC(=O)[C@@H](Cc1ccc2ccccc2c1)NC(=O)Cc1cccc(F)c1. The van der Waals surface area contributed by atoms with Crippen LogP contribution in [0.5, 0.6) is 0 Å². The van der Waals surface area contributed by atoms with Gasteiger partial charge < -0.3 is 10.1 Å². The van der Waals surface area contributed by atoms with Gasteiger partial charge in [-0.15, -0.1) is 0 Å². The maximum atomic E-state index is 13.3. The highest BCUT2D eigenvalue weighted by Crippen LogP contribution is 2.17. The number of halogens is 1. The minimum Gasteiger partial charge on any atom is -0.467 e. The van der Waals surface area contributed by atoms with Gasteiger partial charge in [-0.1, -0.05) is 54.6 Å². The van der Waals surface area contributed by atoms with Crippen molar-refractivity contribution < 1.29 is 18.7 Å². The Hall–Kier alpha value is -3.21. The van der Waals surface area contributed by atoms with Gasteiger partial charge in [0.15, 0.2) is 0 Å². The summed E-state index contributed by atoms with van der Waals surface area (Å²) in [6, 6.07) is 18.8. The quantitative estimate of drug-likeness (QED) is 0.681. The van der Waals surface area contributed by atoms with E-state index in [1.54, 1.807) is 12.1 Å². The van der Waals surface area contributed by atoms with Crippen LogP contribution in [0.15, 0.2) is 66.7 Å². The Morgan fingerprint density at radius 3 is 2.48 bits per heavy atom. The Morgan fingerprint density at radius 2 is 1.74 bits per heavy atom. The first kappa shape index (κ1) is 18.6. The number of carbonyl (C=O) groups is 2. The van der Waals surface area contributed by atoms with Crippen molar-refractivity contribution in [2.75, 3.05) is 7.11 Å². The second kappa shape index (κ2) is 8.45. The lowest BCUT2D eigenvalue weighted by molar-refractivity contribution is -0.145. The smallest absolute Gasteiger partial charge is 0.328 e. The molecule has 1 amide bonds. The number of esters is 1. The zero-order valence-electron chi connectivity index (χ0n) is 14.9. The van der Waals surface area contributed by atoms with E-state index in [9.17, 15) is 14.0 Å². The lowest BCUT2D eigenvalue weighted by atomic mass is 10.0. The average molecular weight is 365 g/mol. The Bertz CT molecular complexity index is 970. The first-order valence-corrected chi connectivity index (χ1v) is 8.64. The Kier molecular flexibility index (Phi) is 5.81. The Labute approximate surface area is 157 Å². The number of fused-ring (bicyclic) bond motifs is 1. The van der Waals surface area contributed by atoms with Crippen molar-refractivity contribution in [2.24, 2.45) is 0 Å². The van der Waals surface area contributed by atoms with E-state index in [0.717, 1.165) is 16.3 Å². The fraction of sp³-hybridized carbons (Fsp3) is 0.182. The van der Waals surface area contributed by atoms with Crippen molar-refractivity contribution in [3.63, 3.8) is 0 Å². The highest BCUT2D eigenvalue weighted by molar-refractivity contribution is 5.86. The molecule has 5 heteroatoms. The van der Waals surface area contributed by atoms with Crippen LogP contribution in [0.4, 0.5) is 4.39 Å². The lowest BCUT2D eigenvalue weighted by Crippen LogP contribution is -2.43. The van der Waals surface area contributed by atoms with Gasteiger partial charge in [-0.2, -0.15) is 0 Å². The third-order valence-corrected chi connectivity index (χ3v) is 4.33. The number of hydrogen-bond acceptors (Lipinski definition) is 3. The molecule has 0 saturated carbocycles. The van der Waals surface area contributed by atoms with Gasteiger partial charge >= 0.3 is 5.97 Å². The first-order chi connectivity index (χ1) is 13.0. The number of carbonyl (C=O) groups excluding carboxylic acids is 2. The molecule has 3 rings (SSSR count). The number of methoxy groups -OCH3 is 1. The van der Waals surface area contributed by atoms with Crippen LogP contribution >= 0.6 is 0 Å². The van der Waals surface area contributed by atoms with E-state index in [1.807, 2.05) is 42.5 Å². The highest BCUT2D eigenvalue weighted by atomic mass is 19.1. The van der Waals surface area contributed by atoms with Crippen LogP contribution in [-0.2, 0) is 27.2 Å². The van der Waals surface area contributed by atoms with Crippen molar-refractivity contribution in [2.45, 2.75) is 18.9 Å². The highest BCUT2D eigenvalue weighted by Gasteiger charge is 2.22. The van der Waals surface area contributed by atoms with Crippen molar-refractivity contribution in [3.05, 3.63) is 83.7 Å². The molecule has 0 aromatic heterocycles. The maximum absolute atomic E-state index is 13.3. The molecule has 0 aliphatic rings. The van der Waals surface area contributed by atoms with E-state index in [4.69, 9.17) is 4.74 Å². The van der Waals surface area contributed by atoms with Gasteiger partial charge in [0, 0.05) is 6.42 Å². The molecule has 0 fully saturated rings. The molecule has 3 aromatic carbocycles. The standard InChI is InChI=1S/C22H20FNO3/c1-27-22(26)20(24-21(25)14-15-5-4-8-19(23)12-15)13-16-9-10-17-6-2-3-7-18(17)11-16/h2-12,20H,13-14H2,1H3,(H,24,25)/t20-/m1/s1. The van der Waals surface area contributed by atoms with Gasteiger partial charge in [-0.3, -0.25) is 4.79 Å². The zero-order chi connectivity index (χ0) is 19.2. The van der Waals surface area contributed by atoms with Crippen molar-refractivity contribution in [1.29, 1.82) is 0 Å². The van der Waals surface area contributed by atoms with Crippen LogP contribution in [0.3, 0.4) is 0 Å². The van der Waals surface area contributed by atoms with Gasteiger partial charge in [0.1, 0.15) is 11.9 Å². The first-order valence-electron chi connectivity index (χ1n) is 8.64. The molecule has 0 aliphatic carbocycles. The van der Waals surface area contributed by atoms with Crippen LogP contribution in [0, 0.1) is 5.82 Å².